The molecule has 0 aliphatic heterocycles. The molecule has 0 atom stereocenters. The van der Waals surface area contributed by atoms with E-state index >= 15 is 0 Å². The lowest BCUT2D eigenvalue weighted by Crippen LogP contribution is -2.25. The first-order valence-electron chi connectivity index (χ1n) is 19.3. The van der Waals surface area contributed by atoms with Gasteiger partial charge in [0.25, 0.3) is 0 Å². The molecule has 9 aromatic rings. The third-order valence-electron chi connectivity index (χ3n) is 11.3. The topological polar surface area (TPSA) is 29.5 Å². The maximum absolute atomic E-state index is 6.50. The molecule has 7 aromatic carbocycles. The van der Waals surface area contributed by atoms with Crippen LogP contribution in [0.2, 0.25) is 0 Å². The van der Waals surface area contributed by atoms with Gasteiger partial charge in [-0.1, -0.05) is 139 Å². The molecule has 2 heterocycles. The van der Waals surface area contributed by atoms with Crippen molar-refractivity contribution in [1.82, 2.24) is 0 Å². The Labute approximate surface area is 324 Å². The molecule has 0 radical (unpaired) electrons. The lowest BCUT2D eigenvalue weighted by molar-refractivity contribution is 0.576. The predicted molar refractivity (Wildman–Crippen MR) is 231 cm³/mol. The molecule has 0 bridgehead atoms. The van der Waals surface area contributed by atoms with Crippen molar-refractivity contribution in [2.24, 2.45) is 0 Å². The Morgan fingerprint density at radius 3 is 2.12 bits per heavy atom. The average molecular weight is 718 g/mol. The Hall–Kier alpha value is -7.28. The highest BCUT2D eigenvalue weighted by Crippen LogP contribution is 2.42. The smallest absolute Gasteiger partial charge is 0.144 e. The molecule has 0 fully saturated rings. The summed E-state index contributed by atoms with van der Waals surface area (Å²) in [5, 5.41) is 5.90. The maximum atomic E-state index is 6.50. The largest absolute Gasteiger partial charge is 0.456 e. The number of hydrogen-bond acceptors (Lipinski definition) is 3. The molecular weight excluding hydrogens is 683 g/mol. The maximum Gasteiger partial charge on any atom is 0.144 e. The van der Waals surface area contributed by atoms with Crippen LogP contribution < -0.4 is 15.5 Å². The van der Waals surface area contributed by atoms with Crippen LogP contribution >= 0.6 is 0 Å². The normalized spacial score (nSPS) is 13.4. The lowest BCUT2D eigenvalue weighted by atomic mass is 9.94. The zero-order valence-electron chi connectivity index (χ0n) is 30.6. The number of allylic oxidation sites excluding steroid dienone is 1. The van der Waals surface area contributed by atoms with Crippen molar-refractivity contribution in [3.05, 3.63) is 197 Å². The highest BCUT2D eigenvalue weighted by molar-refractivity contribution is 5.97. The van der Waals surface area contributed by atoms with Gasteiger partial charge in [-0.15, -0.1) is 0 Å². The summed E-state index contributed by atoms with van der Waals surface area (Å²) in [7, 11) is 0. The molecule has 2 aliphatic carbocycles. The quantitative estimate of drug-likeness (QED) is 0.160. The fourth-order valence-corrected chi connectivity index (χ4v) is 8.73. The summed E-state index contributed by atoms with van der Waals surface area (Å²) in [4.78, 5) is 2.43. The number of para-hydroxylation sites is 3. The van der Waals surface area contributed by atoms with E-state index in [1.165, 1.54) is 49.7 Å². The third-order valence-corrected chi connectivity index (χ3v) is 11.3. The van der Waals surface area contributed by atoms with Gasteiger partial charge in [-0.3, -0.25) is 0 Å². The second kappa shape index (κ2) is 13.2. The van der Waals surface area contributed by atoms with Crippen molar-refractivity contribution in [3.63, 3.8) is 0 Å². The van der Waals surface area contributed by atoms with Crippen LogP contribution in [0.25, 0.3) is 72.7 Å². The molecule has 2 aliphatic rings. The monoisotopic (exact) mass is 717 g/mol. The van der Waals surface area contributed by atoms with E-state index in [0.717, 1.165) is 68.3 Å². The first-order valence-corrected chi connectivity index (χ1v) is 19.3. The number of benzene rings is 7. The van der Waals surface area contributed by atoms with E-state index in [9.17, 15) is 0 Å². The van der Waals surface area contributed by atoms with E-state index in [2.05, 4.69) is 168 Å². The van der Waals surface area contributed by atoms with Gasteiger partial charge in [0, 0.05) is 57.1 Å². The van der Waals surface area contributed by atoms with Crippen molar-refractivity contribution in [2.45, 2.75) is 19.3 Å². The van der Waals surface area contributed by atoms with E-state index in [1.54, 1.807) is 0 Å². The number of aryl methyl sites for hydroxylation is 1. The van der Waals surface area contributed by atoms with Crippen LogP contribution in [0.3, 0.4) is 0 Å². The van der Waals surface area contributed by atoms with Gasteiger partial charge >= 0.3 is 0 Å². The van der Waals surface area contributed by atoms with Crippen LogP contribution in [-0.4, -0.2) is 0 Å². The summed E-state index contributed by atoms with van der Waals surface area (Å²) in [5.74, 6) is 7.59. The van der Waals surface area contributed by atoms with Crippen LogP contribution in [0.4, 0.5) is 11.4 Å². The van der Waals surface area contributed by atoms with Crippen LogP contribution in [-0.2, 0) is 6.42 Å². The third kappa shape index (κ3) is 5.38. The molecular formula is C53H35NO2. The summed E-state index contributed by atoms with van der Waals surface area (Å²) >= 11 is 0. The van der Waals surface area contributed by atoms with Crippen molar-refractivity contribution in [3.8, 4) is 34.1 Å². The van der Waals surface area contributed by atoms with E-state index in [-0.39, 0.29) is 0 Å². The Morgan fingerprint density at radius 1 is 0.536 bits per heavy atom. The lowest BCUT2D eigenvalue weighted by Gasteiger charge is -2.32. The predicted octanol–water partition coefficient (Wildman–Crippen LogP) is 12.2. The molecule has 0 saturated heterocycles. The number of nitrogens with zero attached hydrogens (tertiary/aromatic N) is 1. The average Bonchev–Trinajstić information content (AvgIpc) is 3.74. The molecule has 0 saturated carbocycles. The van der Waals surface area contributed by atoms with Crippen LogP contribution in [0.15, 0.2) is 178 Å². The van der Waals surface area contributed by atoms with E-state index in [1.807, 2.05) is 24.3 Å². The minimum absolute atomic E-state index is 0.608. The number of furan rings is 2. The van der Waals surface area contributed by atoms with Gasteiger partial charge in [0.2, 0.25) is 0 Å². The zero-order valence-corrected chi connectivity index (χ0v) is 30.6. The first-order chi connectivity index (χ1) is 27.8. The molecule has 2 aromatic heterocycles. The summed E-state index contributed by atoms with van der Waals surface area (Å²) in [6, 6.07) is 58.5. The van der Waals surface area contributed by atoms with Crippen molar-refractivity contribution >= 4 is 61.8 Å². The van der Waals surface area contributed by atoms with Gasteiger partial charge in [-0.25, -0.2) is 0 Å². The molecule has 0 unspecified atom stereocenters. The van der Waals surface area contributed by atoms with Gasteiger partial charge in [0.05, 0.1) is 5.69 Å². The molecule has 3 nitrogen and oxygen atoms in total. The van der Waals surface area contributed by atoms with Gasteiger partial charge in [0.1, 0.15) is 22.3 Å². The summed E-state index contributed by atoms with van der Waals surface area (Å²) in [6.45, 7) is 0. The zero-order chi connectivity index (χ0) is 37.0. The van der Waals surface area contributed by atoms with Crippen molar-refractivity contribution in [2.75, 3.05) is 4.90 Å². The summed E-state index contributed by atoms with van der Waals surface area (Å²) in [6.07, 6.45) is 6.53. The second-order valence-corrected chi connectivity index (χ2v) is 14.5. The second-order valence-electron chi connectivity index (χ2n) is 14.5. The van der Waals surface area contributed by atoms with E-state index in [0.29, 0.717) is 6.42 Å². The number of rotatable bonds is 6. The SMILES string of the molecule is C1#CCC(c2ccccc2N(C2=Cc3oc4ccccc4c3CC2)c2ccc(-c3cccc(-c4cccc5ccccc45)c3)cc2)=c2c(oc3ccccc23)=C1. The summed E-state index contributed by atoms with van der Waals surface area (Å²) in [5.41, 5.74) is 14.3. The number of anilines is 2. The van der Waals surface area contributed by atoms with Crippen LogP contribution in [0.5, 0.6) is 0 Å². The van der Waals surface area contributed by atoms with Crippen molar-refractivity contribution in [1.29, 1.82) is 0 Å². The minimum Gasteiger partial charge on any atom is -0.456 e. The number of hydrogen-bond donors (Lipinski definition) is 0. The molecule has 0 amide bonds. The van der Waals surface area contributed by atoms with Gasteiger partial charge in [-0.05, 0) is 87.8 Å². The number of fused-ring (bicyclic) bond motifs is 7. The Bertz CT molecular complexity index is 3230. The van der Waals surface area contributed by atoms with E-state index < -0.39 is 0 Å². The van der Waals surface area contributed by atoms with Gasteiger partial charge < -0.3 is 13.7 Å². The molecule has 264 valence electrons. The Kier molecular flexibility index (Phi) is 7.60. The summed E-state index contributed by atoms with van der Waals surface area (Å²) < 4.78 is 12.9. The van der Waals surface area contributed by atoms with Gasteiger partial charge in [-0.2, -0.15) is 0 Å². The highest BCUT2D eigenvalue weighted by Gasteiger charge is 2.26. The standard InChI is InChI=1S/C53H35NO2/c1-2-17-41-36(13-1)14-12-22-42(41)38-16-11-15-37(33-38)35-27-29-39(30-28-35)54(40-31-32-45-44-19-4-8-24-49(44)56-52(45)34-40)48-23-7-3-18-43(48)46-20-5-10-26-51-53(46)47-21-6-9-25-50(47)55-51/h1-4,6-9,11-19,21-30,33-34H,20,31-32H2. The van der Waals surface area contributed by atoms with Crippen LogP contribution in [0.1, 0.15) is 29.7 Å². The Balaban J connectivity index is 1.07. The fraction of sp³-hybridized carbons (Fsp3) is 0.0566. The molecule has 0 N–H and O–H groups in total. The fourth-order valence-electron chi connectivity index (χ4n) is 8.73. The van der Waals surface area contributed by atoms with Gasteiger partial charge in [0.15, 0.2) is 0 Å². The molecule has 11 rings (SSSR count). The highest BCUT2D eigenvalue weighted by atomic mass is 16.3. The molecule has 0 spiro atoms. The minimum atomic E-state index is 0.608. The Morgan fingerprint density at radius 2 is 1.23 bits per heavy atom. The first kappa shape index (κ1) is 32.2. The van der Waals surface area contributed by atoms with E-state index in [4.69, 9.17) is 8.83 Å². The van der Waals surface area contributed by atoms with Crippen molar-refractivity contribution < 1.29 is 8.83 Å². The van der Waals surface area contributed by atoms with Crippen LogP contribution in [0, 0.1) is 11.8 Å². The molecule has 3 heteroatoms. The molecule has 56 heavy (non-hydrogen) atoms.